The fourth-order valence-electron chi connectivity index (χ4n) is 8.36. The van der Waals surface area contributed by atoms with Gasteiger partial charge in [-0.15, -0.1) is 17.0 Å². The zero-order chi connectivity index (χ0) is 29.2. The summed E-state index contributed by atoms with van der Waals surface area (Å²) in [4.78, 5) is 32.0. The van der Waals surface area contributed by atoms with Gasteiger partial charge in [-0.2, -0.15) is 0 Å². The third kappa shape index (κ3) is 5.52. The highest BCUT2D eigenvalue weighted by Crippen LogP contribution is 2.49. The number of fused-ring (bicyclic) bond motifs is 10. The standard InChI is InChI=1S/C34H40N2O7.BrH/c1-35-25-13-21(14-26(35)30-29(25)42-30)40-33(37)23(19-9-5-3-6-10-19)17-39-18-24(20-11-7-4-8-12-20)34(38)41-22-15-27-31-32(43-31)28(16-22)36(27)2;/h3-12,21-32H,13-18H2,1-2H3;1H/t21?,22?,23-,24-,25-,26+,27-,28+,29-,30+,31-,32+;/m1./s1. The molecule has 0 aromatic heterocycles. The Morgan fingerprint density at radius 2 is 1.00 bits per heavy atom. The number of nitrogens with zero attached hydrogens (tertiary/aromatic N) is 2. The molecule has 44 heavy (non-hydrogen) atoms. The number of carbonyl (C=O) groups is 2. The minimum Gasteiger partial charge on any atom is -0.462 e. The lowest BCUT2D eigenvalue weighted by Gasteiger charge is -2.38. The van der Waals surface area contributed by atoms with Crippen LogP contribution in [-0.2, 0) is 33.3 Å². The molecule has 2 aromatic carbocycles. The van der Waals surface area contributed by atoms with Crippen molar-refractivity contribution in [1.29, 1.82) is 0 Å². The van der Waals surface area contributed by atoms with Crippen molar-refractivity contribution in [2.24, 2.45) is 0 Å². The number of ether oxygens (including phenoxy) is 5. The fourth-order valence-corrected chi connectivity index (χ4v) is 8.36. The molecule has 6 saturated heterocycles. The Labute approximate surface area is 268 Å². The highest BCUT2D eigenvalue weighted by Gasteiger charge is 2.64. The second-order valence-corrected chi connectivity index (χ2v) is 13.3. The van der Waals surface area contributed by atoms with Crippen LogP contribution in [0.3, 0.4) is 0 Å². The van der Waals surface area contributed by atoms with Crippen LogP contribution in [-0.4, -0.2) is 110 Å². The van der Waals surface area contributed by atoms with E-state index in [-0.39, 0.29) is 78.8 Å². The van der Waals surface area contributed by atoms with Gasteiger partial charge in [-0.1, -0.05) is 60.7 Å². The fraction of sp³-hybridized carbons (Fsp3) is 0.588. The van der Waals surface area contributed by atoms with Gasteiger partial charge in [0.25, 0.3) is 0 Å². The summed E-state index contributed by atoms with van der Waals surface area (Å²) >= 11 is 0. The van der Waals surface area contributed by atoms with Gasteiger partial charge in [-0.3, -0.25) is 19.4 Å². The summed E-state index contributed by atoms with van der Waals surface area (Å²) in [7, 11) is 4.29. The number of hydrogen-bond acceptors (Lipinski definition) is 9. The van der Waals surface area contributed by atoms with Crippen LogP contribution in [0.2, 0.25) is 0 Å². The first kappa shape index (κ1) is 30.3. The van der Waals surface area contributed by atoms with Crippen LogP contribution in [0, 0.1) is 0 Å². The molecule has 0 saturated carbocycles. The molecule has 2 aromatic rings. The normalized spacial score (nSPS) is 37.6. The van der Waals surface area contributed by atoms with Crippen LogP contribution in [0.1, 0.15) is 48.6 Å². The average Bonchev–Trinajstić information content (AvgIpc) is 3.92. The molecule has 0 amide bonds. The van der Waals surface area contributed by atoms with Gasteiger partial charge in [0, 0.05) is 49.9 Å². The molecule has 6 aliphatic heterocycles. The third-order valence-corrected chi connectivity index (χ3v) is 10.9. The van der Waals surface area contributed by atoms with Gasteiger partial charge in [0.15, 0.2) is 0 Å². The summed E-state index contributed by atoms with van der Waals surface area (Å²) in [6.07, 6.45) is 4.02. The Morgan fingerprint density at radius 1 is 0.659 bits per heavy atom. The first-order valence-electron chi connectivity index (χ1n) is 15.8. The maximum Gasteiger partial charge on any atom is 0.316 e. The molecule has 6 fully saturated rings. The maximum absolute atomic E-state index is 13.6. The third-order valence-electron chi connectivity index (χ3n) is 10.9. The summed E-state index contributed by atoms with van der Waals surface area (Å²) in [5.41, 5.74) is 1.69. The van der Waals surface area contributed by atoms with Gasteiger partial charge in [0.1, 0.15) is 48.5 Å². The van der Waals surface area contributed by atoms with E-state index >= 15 is 0 Å². The van der Waals surface area contributed by atoms with Crippen LogP contribution in [0.4, 0.5) is 0 Å². The molecular formula is C34H41BrN2O7. The highest BCUT2D eigenvalue weighted by molar-refractivity contribution is 8.93. The summed E-state index contributed by atoms with van der Waals surface area (Å²) < 4.78 is 30.1. The minimum atomic E-state index is -0.590. The largest absolute Gasteiger partial charge is 0.462 e. The lowest BCUT2D eigenvalue weighted by molar-refractivity contribution is -0.158. The number of esters is 2. The second kappa shape index (κ2) is 12.1. The van der Waals surface area contributed by atoms with E-state index in [1.54, 1.807) is 0 Å². The van der Waals surface area contributed by atoms with Crippen molar-refractivity contribution in [3.05, 3.63) is 71.8 Å². The van der Waals surface area contributed by atoms with Crippen LogP contribution in [0.15, 0.2) is 60.7 Å². The number of halogens is 1. The molecule has 0 aliphatic carbocycles. The van der Waals surface area contributed by atoms with E-state index in [0.717, 1.165) is 36.8 Å². The molecule has 9 nitrogen and oxygen atoms in total. The predicted octanol–water partition coefficient (Wildman–Crippen LogP) is 3.46. The first-order valence-corrected chi connectivity index (χ1v) is 15.8. The van der Waals surface area contributed by atoms with E-state index in [1.165, 1.54) is 0 Å². The quantitative estimate of drug-likeness (QED) is 0.279. The van der Waals surface area contributed by atoms with E-state index in [9.17, 15) is 9.59 Å². The first-order chi connectivity index (χ1) is 21.0. The van der Waals surface area contributed by atoms with E-state index in [1.807, 2.05) is 60.7 Å². The highest BCUT2D eigenvalue weighted by atomic mass is 79.9. The zero-order valence-electron chi connectivity index (χ0n) is 25.1. The number of rotatable bonds is 10. The van der Waals surface area contributed by atoms with Crippen molar-refractivity contribution >= 4 is 28.9 Å². The van der Waals surface area contributed by atoms with Crippen molar-refractivity contribution in [1.82, 2.24) is 9.80 Å². The molecular weight excluding hydrogens is 628 g/mol. The molecule has 0 spiro atoms. The lowest BCUT2D eigenvalue weighted by Crippen LogP contribution is -2.48. The molecule has 0 N–H and O–H groups in total. The van der Waals surface area contributed by atoms with Gasteiger partial charge in [-0.05, 0) is 25.2 Å². The minimum absolute atomic E-state index is 0. The van der Waals surface area contributed by atoms with Crippen molar-refractivity contribution in [3.8, 4) is 0 Å². The Balaban J connectivity index is 0.00000312. The van der Waals surface area contributed by atoms with E-state index in [2.05, 4.69) is 23.9 Å². The van der Waals surface area contributed by atoms with Crippen LogP contribution in [0.5, 0.6) is 0 Å². The monoisotopic (exact) mass is 668 g/mol. The Hall–Kier alpha value is -2.34. The number of benzene rings is 2. The molecule has 4 bridgehead atoms. The Morgan fingerprint density at radius 3 is 1.34 bits per heavy atom. The summed E-state index contributed by atoms with van der Waals surface area (Å²) in [6, 6.07) is 20.5. The van der Waals surface area contributed by atoms with Gasteiger partial charge < -0.3 is 23.7 Å². The Kier molecular flexibility index (Phi) is 8.35. The van der Waals surface area contributed by atoms with Crippen LogP contribution < -0.4 is 0 Å². The molecule has 12 atom stereocenters. The van der Waals surface area contributed by atoms with Crippen molar-refractivity contribution in [2.45, 2.75) is 98.3 Å². The summed E-state index contributed by atoms with van der Waals surface area (Å²) in [6.45, 7) is 0.235. The predicted molar refractivity (Wildman–Crippen MR) is 166 cm³/mol. The number of morpholine rings is 2. The molecule has 2 unspecified atom stereocenters. The Bertz CT molecular complexity index is 1210. The number of likely N-dealkylation sites (N-methyl/N-ethyl adjacent to an activating group) is 2. The molecule has 6 aliphatic rings. The van der Waals surface area contributed by atoms with Gasteiger partial charge in [-0.25, -0.2) is 0 Å². The smallest absolute Gasteiger partial charge is 0.316 e. The molecule has 236 valence electrons. The van der Waals surface area contributed by atoms with Crippen molar-refractivity contribution < 1.29 is 33.3 Å². The zero-order valence-corrected chi connectivity index (χ0v) is 26.8. The van der Waals surface area contributed by atoms with E-state index in [0.29, 0.717) is 24.2 Å². The number of piperidine rings is 2. The topological polar surface area (TPSA) is 93.4 Å². The van der Waals surface area contributed by atoms with Gasteiger partial charge in [0.05, 0.1) is 13.2 Å². The maximum atomic E-state index is 13.6. The van der Waals surface area contributed by atoms with E-state index < -0.39 is 11.8 Å². The molecule has 0 radical (unpaired) electrons. The lowest BCUT2D eigenvalue weighted by atomic mass is 9.97. The van der Waals surface area contributed by atoms with Crippen molar-refractivity contribution in [2.75, 3.05) is 27.3 Å². The van der Waals surface area contributed by atoms with Crippen molar-refractivity contribution in [3.63, 3.8) is 0 Å². The van der Waals surface area contributed by atoms with Gasteiger partial charge in [0.2, 0.25) is 0 Å². The van der Waals surface area contributed by atoms with E-state index in [4.69, 9.17) is 23.7 Å². The second-order valence-electron chi connectivity index (χ2n) is 13.3. The molecule has 6 heterocycles. The summed E-state index contributed by atoms with van der Waals surface area (Å²) in [5.74, 6) is -1.74. The number of hydrogen-bond donors (Lipinski definition) is 0. The van der Waals surface area contributed by atoms with Crippen LogP contribution >= 0.6 is 17.0 Å². The molecule has 10 heteroatoms. The van der Waals surface area contributed by atoms with Crippen LogP contribution in [0.25, 0.3) is 0 Å². The SMILES string of the molecule is Br.CN1[C@@H]2CC(OC(=O)[C@H](COC[C@@H](C(=O)OC3C[C@@H]4[C@H]5O[C@H]5[C@H](C3)N4C)c3ccccc3)c3ccccc3)C[C@H]1[C@@H]1O[C@@H]12. The number of carbonyl (C=O) groups excluding carboxylic acids is 2. The summed E-state index contributed by atoms with van der Waals surface area (Å²) in [5, 5.41) is 0. The average molecular weight is 670 g/mol. The molecule has 8 rings (SSSR count). The number of epoxide rings is 2. The van der Waals surface area contributed by atoms with Gasteiger partial charge >= 0.3 is 11.9 Å².